The van der Waals surface area contributed by atoms with E-state index in [0.29, 0.717) is 19.4 Å². The number of rotatable bonds is 4. The molecule has 0 N–H and O–H groups in total. The zero-order valence-electron chi connectivity index (χ0n) is 22.8. The fourth-order valence-corrected chi connectivity index (χ4v) is 7.84. The Labute approximate surface area is 239 Å². The van der Waals surface area contributed by atoms with Gasteiger partial charge >= 0.3 is 6.09 Å². The Morgan fingerprint density at radius 1 is 0.683 bits per heavy atom. The number of ketones is 1. The van der Waals surface area contributed by atoms with Gasteiger partial charge in [0.2, 0.25) is 0 Å². The molecule has 1 aliphatic carbocycles. The highest BCUT2D eigenvalue weighted by Gasteiger charge is 2.46. The van der Waals surface area contributed by atoms with Crippen molar-refractivity contribution in [2.45, 2.75) is 43.7 Å². The topological polar surface area (TPSA) is 46.6 Å². The molecule has 0 aromatic heterocycles. The number of amides is 1. The molecule has 8 rings (SSSR count). The van der Waals surface area contributed by atoms with E-state index in [9.17, 15) is 9.59 Å². The van der Waals surface area contributed by atoms with Crippen LogP contribution in [-0.2, 0) is 4.74 Å². The first-order valence-corrected chi connectivity index (χ1v) is 14.8. The predicted molar refractivity (Wildman–Crippen MR) is 162 cm³/mol. The molecule has 2 atom stereocenters. The molecule has 3 aliphatic rings. The Hall–Kier alpha value is -4.44. The molecule has 5 aromatic rings. The summed E-state index contributed by atoms with van der Waals surface area (Å²) in [6.45, 7) is 0.328. The van der Waals surface area contributed by atoms with Gasteiger partial charge in [0.1, 0.15) is 6.61 Å². The molecule has 4 nitrogen and oxygen atoms in total. The van der Waals surface area contributed by atoms with Gasteiger partial charge in [0.25, 0.3) is 0 Å². The number of nitrogens with zero attached hydrogens (tertiary/aromatic N) is 1. The SMILES string of the molecule is O=C(c1cc2ccccc2c2ccccc12)C1CC2CCC(C1)N2C(=O)OCC1c2ccccc2-c2ccccc21. The standard InChI is InChI=1S/C37H31NO3/c39-36(34-21-23-9-1-2-10-27(23)28-11-3-6-14-31(28)34)24-19-25-17-18-26(20-24)38(25)37(40)41-22-35-32-15-7-4-12-29(32)30-13-5-8-16-33(30)35/h1-16,21,24-26,35H,17-20,22H2. The van der Waals surface area contributed by atoms with Crippen LogP contribution in [0.25, 0.3) is 32.7 Å². The van der Waals surface area contributed by atoms with Crippen LogP contribution in [0.3, 0.4) is 0 Å². The second kappa shape index (κ2) is 9.59. The van der Waals surface area contributed by atoms with E-state index in [1.807, 2.05) is 29.2 Å². The average molecular weight is 538 g/mol. The highest BCUT2D eigenvalue weighted by molar-refractivity contribution is 6.18. The van der Waals surface area contributed by atoms with Crippen LogP contribution in [0, 0.1) is 5.92 Å². The van der Waals surface area contributed by atoms with Crippen LogP contribution < -0.4 is 0 Å². The summed E-state index contributed by atoms with van der Waals surface area (Å²) in [7, 11) is 0. The van der Waals surface area contributed by atoms with E-state index < -0.39 is 0 Å². The smallest absolute Gasteiger partial charge is 0.410 e. The van der Waals surface area contributed by atoms with Gasteiger partial charge in [-0.05, 0) is 75.5 Å². The predicted octanol–water partition coefficient (Wildman–Crippen LogP) is 8.37. The molecule has 2 saturated heterocycles. The lowest BCUT2D eigenvalue weighted by molar-refractivity contribution is 0.0506. The maximum Gasteiger partial charge on any atom is 0.410 e. The second-order valence-corrected chi connectivity index (χ2v) is 11.8. The number of carbonyl (C=O) groups is 2. The molecule has 0 radical (unpaired) electrons. The first-order valence-electron chi connectivity index (χ1n) is 14.8. The number of piperidine rings is 1. The molecule has 2 aliphatic heterocycles. The van der Waals surface area contributed by atoms with Crippen molar-refractivity contribution in [2.75, 3.05) is 6.61 Å². The van der Waals surface area contributed by atoms with Crippen LogP contribution in [0.4, 0.5) is 4.79 Å². The zero-order valence-corrected chi connectivity index (χ0v) is 22.8. The average Bonchev–Trinajstić information content (AvgIpc) is 3.49. The molecule has 0 saturated carbocycles. The van der Waals surface area contributed by atoms with Gasteiger partial charge in [-0.2, -0.15) is 0 Å². The summed E-state index contributed by atoms with van der Waals surface area (Å²) in [5, 5.41) is 4.40. The van der Waals surface area contributed by atoms with Gasteiger partial charge in [0.05, 0.1) is 0 Å². The van der Waals surface area contributed by atoms with Crippen LogP contribution in [0.5, 0.6) is 0 Å². The van der Waals surface area contributed by atoms with E-state index in [0.717, 1.165) is 34.6 Å². The Balaban J connectivity index is 1.01. The van der Waals surface area contributed by atoms with Crippen molar-refractivity contribution in [1.82, 2.24) is 4.90 Å². The summed E-state index contributed by atoms with van der Waals surface area (Å²) >= 11 is 0. The molecule has 1 amide bonds. The van der Waals surface area contributed by atoms with Crippen molar-refractivity contribution in [1.29, 1.82) is 0 Å². The van der Waals surface area contributed by atoms with Gasteiger partial charge in [0.15, 0.2) is 5.78 Å². The first-order chi connectivity index (χ1) is 20.2. The molecule has 2 heterocycles. The van der Waals surface area contributed by atoms with E-state index in [-0.39, 0.29) is 35.8 Å². The first kappa shape index (κ1) is 24.4. The molecule has 5 aromatic carbocycles. The van der Waals surface area contributed by atoms with E-state index in [2.05, 4.69) is 78.9 Å². The molecule has 2 bridgehead atoms. The quantitative estimate of drug-likeness (QED) is 0.171. The summed E-state index contributed by atoms with van der Waals surface area (Å²) < 4.78 is 6.05. The zero-order chi connectivity index (χ0) is 27.5. The van der Waals surface area contributed by atoms with Crippen LogP contribution in [0.15, 0.2) is 103 Å². The third-order valence-corrected chi connectivity index (χ3v) is 9.68. The maximum atomic E-state index is 14.1. The van der Waals surface area contributed by atoms with Crippen LogP contribution in [0.2, 0.25) is 0 Å². The minimum atomic E-state index is -0.235. The maximum absolute atomic E-state index is 14.1. The van der Waals surface area contributed by atoms with Crippen molar-refractivity contribution < 1.29 is 14.3 Å². The van der Waals surface area contributed by atoms with Gasteiger partial charge in [-0.25, -0.2) is 4.79 Å². The van der Waals surface area contributed by atoms with Crippen LogP contribution >= 0.6 is 0 Å². The fourth-order valence-electron chi connectivity index (χ4n) is 7.84. The summed E-state index contributed by atoms with van der Waals surface area (Å²) in [5.41, 5.74) is 5.69. The largest absolute Gasteiger partial charge is 0.448 e. The normalized spacial score (nSPS) is 21.2. The Morgan fingerprint density at radius 2 is 1.24 bits per heavy atom. The van der Waals surface area contributed by atoms with Crippen LogP contribution in [0.1, 0.15) is 53.1 Å². The lowest BCUT2D eigenvalue weighted by atomic mass is 9.83. The molecular formula is C37H31NO3. The highest BCUT2D eigenvalue weighted by Crippen LogP contribution is 2.45. The molecular weight excluding hydrogens is 506 g/mol. The van der Waals surface area contributed by atoms with Gasteiger partial charge in [0, 0.05) is 29.5 Å². The number of carbonyl (C=O) groups excluding carboxylic acids is 2. The summed E-state index contributed by atoms with van der Waals surface area (Å²) in [6, 6.07) is 35.5. The third kappa shape index (κ3) is 3.88. The molecule has 4 heteroatoms. The number of Topliss-reactive ketones (excluding diaryl/α,β-unsaturated/α-hetero) is 1. The summed E-state index contributed by atoms with van der Waals surface area (Å²) in [4.78, 5) is 29.5. The van der Waals surface area contributed by atoms with Crippen LogP contribution in [-0.4, -0.2) is 35.5 Å². The van der Waals surface area contributed by atoms with Crippen molar-refractivity contribution >= 4 is 33.4 Å². The second-order valence-electron chi connectivity index (χ2n) is 11.8. The molecule has 2 unspecified atom stereocenters. The van der Waals surface area contributed by atoms with Gasteiger partial charge in [-0.1, -0.05) is 97.1 Å². The van der Waals surface area contributed by atoms with Gasteiger partial charge in [-0.3, -0.25) is 4.79 Å². The highest BCUT2D eigenvalue weighted by atomic mass is 16.6. The lowest BCUT2D eigenvalue weighted by Crippen LogP contribution is -2.48. The van der Waals surface area contributed by atoms with Crippen molar-refractivity contribution in [2.24, 2.45) is 5.92 Å². The summed E-state index contributed by atoms with van der Waals surface area (Å²) in [6.07, 6.45) is 3.01. The minimum Gasteiger partial charge on any atom is -0.448 e. The van der Waals surface area contributed by atoms with Crippen molar-refractivity contribution in [3.8, 4) is 11.1 Å². The van der Waals surface area contributed by atoms with E-state index in [1.54, 1.807) is 0 Å². The number of fused-ring (bicyclic) bond motifs is 8. The van der Waals surface area contributed by atoms with E-state index in [4.69, 9.17) is 4.74 Å². The van der Waals surface area contributed by atoms with E-state index in [1.165, 1.54) is 27.6 Å². The molecule has 0 spiro atoms. The van der Waals surface area contributed by atoms with Crippen molar-refractivity contribution in [3.63, 3.8) is 0 Å². The van der Waals surface area contributed by atoms with E-state index >= 15 is 0 Å². The fraction of sp³-hybridized carbons (Fsp3) is 0.243. The molecule has 202 valence electrons. The van der Waals surface area contributed by atoms with Gasteiger partial charge < -0.3 is 9.64 Å². The number of ether oxygens (including phenoxy) is 1. The van der Waals surface area contributed by atoms with Crippen molar-refractivity contribution in [3.05, 3.63) is 120 Å². The Kier molecular flexibility index (Phi) is 5.70. The summed E-state index contributed by atoms with van der Waals surface area (Å²) in [5.74, 6) is 0.162. The minimum absolute atomic E-state index is 0.0457. The molecule has 41 heavy (non-hydrogen) atoms. The van der Waals surface area contributed by atoms with Gasteiger partial charge in [-0.15, -0.1) is 0 Å². The lowest BCUT2D eigenvalue weighted by Gasteiger charge is -2.38. The number of hydrogen-bond donors (Lipinski definition) is 0. The Bertz CT molecular complexity index is 1780. The molecule has 2 fully saturated rings. The number of hydrogen-bond acceptors (Lipinski definition) is 3. The third-order valence-electron chi connectivity index (χ3n) is 9.68. The Morgan fingerprint density at radius 3 is 1.93 bits per heavy atom. The number of benzene rings is 5. The monoisotopic (exact) mass is 537 g/mol.